The van der Waals surface area contributed by atoms with Crippen LogP contribution < -0.4 is 5.73 Å². The van der Waals surface area contributed by atoms with Gasteiger partial charge in [0.05, 0.1) is 17.8 Å². The summed E-state index contributed by atoms with van der Waals surface area (Å²) in [4.78, 5) is 0. The molecular weight excluding hydrogens is 214 g/mol. The number of rotatable bonds is 8. The van der Waals surface area contributed by atoms with Crippen LogP contribution >= 0.6 is 0 Å². The summed E-state index contributed by atoms with van der Waals surface area (Å²) in [7, 11) is 0. The van der Waals surface area contributed by atoms with Gasteiger partial charge in [0.15, 0.2) is 0 Å². The van der Waals surface area contributed by atoms with Gasteiger partial charge in [0.25, 0.3) is 0 Å². The Labute approximate surface area is 104 Å². The number of ether oxygens (including phenoxy) is 1. The topological polar surface area (TPSA) is 53.1 Å². The molecule has 0 bridgehead atoms. The summed E-state index contributed by atoms with van der Waals surface area (Å²) in [6.45, 7) is 7.94. The molecule has 0 aliphatic rings. The molecule has 0 amide bonds. The highest BCUT2D eigenvalue weighted by atomic mass is 16.5. The maximum atomic E-state index is 6.30. The average molecular weight is 239 g/mol. The molecule has 0 saturated carbocycles. The first-order valence-electron chi connectivity index (χ1n) is 6.63. The van der Waals surface area contributed by atoms with Crippen molar-refractivity contribution in [3.63, 3.8) is 0 Å². The lowest BCUT2D eigenvalue weighted by atomic mass is 10.0. The lowest BCUT2D eigenvalue weighted by Gasteiger charge is -2.24. The van der Waals surface area contributed by atoms with Crippen LogP contribution in [-0.4, -0.2) is 22.5 Å². The summed E-state index contributed by atoms with van der Waals surface area (Å²) in [5.41, 5.74) is 7.38. The molecule has 0 saturated heterocycles. The van der Waals surface area contributed by atoms with E-state index in [2.05, 4.69) is 18.9 Å². The summed E-state index contributed by atoms with van der Waals surface area (Å²) in [6, 6.07) is 1.92. The standard InChI is InChI=1S/C13H25N3O/c1-4-7-12(17-6-3)13(14)11-8-9-15-16(11)10-5-2/h8-9,12-13H,4-7,10,14H2,1-3H3. The minimum Gasteiger partial charge on any atom is -0.376 e. The summed E-state index contributed by atoms with van der Waals surface area (Å²) >= 11 is 0. The number of aryl methyl sites for hydroxylation is 1. The van der Waals surface area contributed by atoms with Crippen molar-refractivity contribution in [2.24, 2.45) is 5.73 Å². The summed E-state index contributed by atoms with van der Waals surface area (Å²) in [5, 5.41) is 4.31. The van der Waals surface area contributed by atoms with E-state index in [0.717, 1.165) is 31.5 Å². The van der Waals surface area contributed by atoms with Crippen LogP contribution in [0.4, 0.5) is 0 Å². The van der Waals surface area contributed by atoms with Crippen LogP contribution in [0.1, 0.15) is 51.8 Å². The van der Waals surface area contributed by atoms with Gasteiger partial charge in [0.2, 0.25) is 0 Å². The molecule has 2 N–H and O–H groups in total. The van der Waals surface area contributed by atoms with Crippen LogP contribution in [0, 0.1) is 0 Å². The number of hydrogen-bond donors (Lipinski definition) is 1. The molecule has 0 fully saturated rings. The monoisotopic (exact) mass is 239 g/mol. The zero-order chi connectivity index (χ0) is 12.7. The van der Waals surface area contributed by atoms with Crippen molar-refractivity contribution in [1.29, 1.82) is 0 Å². The zero-order valence-corrected chi connectivity index (χ0v) is 11.2. The summed E-state index contributed by atoms with van der Waals surface area (Å²) in [5.74, 6) is 0. The largest absolute Gasteiger partial charge is 0.376 e. The van der Waals surface area contributed by atoms with E-state index in [-0.39, 0.29) is 12.1 Å². The molecule has 0 spiro atoms. The molecule has 1 heterocycles. The van der Waals surface area contributed by atoms with E-state index < -0.39 is 0 Å². The Hall–Kier alpha value is -0.870. The third kappa shape index (κ3) is 3.82. The first-order valence-corrected chi connectivity index (χ1v) is 6.63. The third-order valence-corrected chi connectivity index (χ3v) is 2.88. The van der Waals surface area contributed by atoms with Crippen LogP contribution in [0.15, 0.2) is 12.3 Å². The quantitative estimate of drug-likeness (QED) is 0.758. The predicted octanol–water partition coefficient (Wildman–Crippen LogP) is 2.50. The maximum Gasteiger partial charge on any atom is 0.0782 e. The molecule has 0 aliphatic heterocycles. The van der Waals surface area contributed by atoms with E-state index in [1.807, 2.05) is 23.9 Å². The van der Waals surface area contributed by atoms with Crippen LogP contribution in [-0.2, 0) is 11.3 Å². The van der Waals surface area contributed by atoms with E-state index in [4.69, 9.17) is 10.5 Å². The van der Waals surface area contributed by atoms with Crippen molar-refractivity contribution in [2.45, 2.75) is 58.7 Å². The Morgan fingerprint density at radius 1 is 1.35 bits per heavy atom. The van der Waals surface area contributed by atoms with Gasteiger partial charge in [0, 0.05) is 19.3 Å². The van der Waals surface area contributed by atoms with Gasteiger partial charge < -0.3 is 10.5 Å². The molecule has 2 unspecified atom stereocenters. The maximum absolute atomic E-state index is 6.30. The summed E-state index contributed by atoms with van der Waals surface area (Å²) in [6.07, 6.45) is 5.05. The molecule has 0 aromatic carbocycles. The van der Waals surface area contributed by atoms with Gasteiger partial charge in [-0.05, 0) is 25.8 Å². The van der Waals surface area contributed by atoms with Crippen molar-refractivity contribution >= 4 is 0 Å². The Bertz CT molecular complexity index is 305. The molecule has 1 aromatic rings. The van der Waals surface area contributed by atoms with Crippen molar-refractivity contribution < 1.29 is 4.74 Å². The summed E-state index contributed by atoms with van der Waals surface area (Å²) < 4.78 is 7.73. The lowest BCUT2D eigenvalue weighted by Crippen LogP contribution is -2.31. The second kappa shape index (κ2) is 7.45. The second-order valence-corrected chi connectivity index (χ2v) is 4.29. The van der Waals surface area contributed by atoms with Crippen molar-refractivity contribution in [1.82, 2.24) is 9.78 Å². The lowest BCUT2D eigenvalue weighted by molar-refractivity contribution is 0.0354. The minimum absolute atomic E-state index is 0.0797. The Morgan fingerprint density at radius 2 is 2.12 bits per heavy atom. The van der Waals surface area contributed by atoms with Gasteiger partial charge in [-0.25, -0.2) is 0 Å². The Morgan fingerprint density at radius 3 is 2.71 bits per heavy atom. The molecular formula is C13H25N3O. The van der Waals surface area contributed by atoms with Gasteiger partial charge in [-0.2, -0.15) is 5.10 Å². The smallest absolute Gasteiger partial charge is 0.0782 e. The normalized spacial score (nSPS) is 14.8. The minimum atomic E-state index is -0.0797. The van der Waals surface area contributed by atoms with Crippen molar-refractivity contribution in [3.8, 4) is 0 Å². The van der Waals surface area contributed by atoms with Crippen LogP contribution in [0.2, 0.25) is 0 Å². The van der Waals surface area contributed by atoms with Crippen LogP contribution in [0.25, 0.3) is 0 Å². The number of aromatic nitrogens is 2. The molecule has 4 nitrogen and oxygen atoms in total. The van der Waals surface area contributed by atoms with Gasteiger partial charge in [-0.1, -0.05) is 20.3 Å². The average Bonchev–Trinajstić information content (AvgIpc) is 2.77. The van der Waals surface area contributed by atoms with Gasteiger partial charge in [-0.3, -0.25) is 4.68 Å². The molecule has 0 aliphatic carbocycles. The van der Waals surface area contributed by atoms with E-state index >= 15 is 0 Å². The SMILES string of the molecule is CCCC(OCC)C(N)c1ccnn1CCC. The van der Waals surface area contributed by atoms with Gasteiger partial charge in [0.1, 0.15) is 0 Å². The number of nitrogens with two attached hydrogens (primary N) is 1. The molecule has 4 heteroatoms. The molecule has 1 aromatic heterocycles. The second-order valence-electron chi connectivity index (χ2n) is 4.29. The zero-order valence-electron chi connectivity index (χ0n) is 11.2. The Balaban J connectivity index is 2.76. The number of hydrogen-bond acceptors (Lipinski definition) is 3. The molecule has 98 valence electrons. The predicted molar refractivity (Wildman–Crippen MR) is 69.8 cm³/mol. The fourth-order valence-corrected chi connectivity index (χ4v) is 2.08. The van der Waals surface area contributed by atoms with Crippen molar-refractivity contribution in [3.05, 3.63) is 18.0 Å². The molecule has 1 rings (SSSR count). The third-order valence-electron chi connectivity index (χ3n) is 2.88. The molecule has 2 atom stereocenters. The number of nitrogens with zero attached hydrogens (tertiary/aromatic N) is 2. The highest BCUT2D eigenvalue weighted by Gasteiger charge is 2.22. The molecule has 0 radical (unpaired) electrons. The van der Waals surface area contributed by atoms with Gasteiger partial charge in [-0.15, -0.1) is 0 Å². The van der Waals surface area contributed by atoms with Crippen molar-refractivity contribution in [2.75, 3.05) is 6.61 Å². The Kier molecular flexibility index (Phi) is 6.22. The highest BCUT2D eigenvalue weighted by Crippen LogP contribution is 2.20. The van der Waals surface area contributed by atoms with Gasteiger partial charge >= 0.3 is 0 Å². The fourth-order valence-electron chi connectivity index (χ4n) is 2.08. The van der Waals surface area contributed by atoms with E-state index in [9.17, 15) is 0 Å². The van der Waals surface area contributed by atoms with E-state index in [1.165, 1.54) is 0 Å². The highest BCUT2D eigenvalue weighted by molar-refractivity contribution is 5.08. The van der Waals surface area contributed by atoms with E-state index in [1.54, 1.807) is 0 Å². The molecule has 17 heavy (non-hydrogen) atoms. The first-order chi connectivity index (χ1) is 8.24. The first kappa shape index (κ1) is 14.2. The van der Waals surface area contributed by atoms with E-state index in [0.29, 0.717) is 6.61 Å². The van der Waals surface area contributed by atoms with Crippen LogP contribution in [0.3, 0.4) is 0 Å². The fraction of sp³-hybridized carbons (Fsp3) is 0.769. The van der Waals surface area contributed by atoms with Crippen LogP contribution in [0.5, 0.6) is 0 Å².